The fraction of sp³-hybridized carbons (Fsp3) is 0.429. The Balaban J connectivity index is 2.24. The van der Waals surface area contributed by atoms with Crippen LogP contribution in [0.5, 0.6) is 0 Å². The predicted molar refractivity (Wildman–Crippen MR) is 106 cm³/mol. The Kier molecular flexibility index (Phi) is 5.04. The highest BCUT2D eigenvalue weighted by Crippen LogP contribution is 2.18. The molecule has 0 aromatic carbocycles. The van der Waals surface area contributed by atoms with Crippen molar-refractivity contribution in [2.45, 2.75) is 59.5 Å². The minimum Gasteiger partial charge on any atom is -0.347 e. The van der Waals surface area contributed by atoms with Crippen molar-refractivity contribution in [3.63, 3.8) is 0 Å². The van der Waals surface area contributed by atoms with Crippen LogP contribution < -0.4 is 10.6 Å². The second-order valence-electron chi connectivity index (χ2n) is 7.01. The van der Waals surface area contributed by atoms with Crippen LogP contribution in [0.3, 0.4) is 0 Å². The van der Waals surface area contributed by atoms with Gasteiger partial charge in [0.25, 0.3) is 11.8 Å². The molecule has 2 atom stereocenters. The molecule has 6 nitrogen and oxygen atoms in total. The summed E-state index contributed by atoms with van der Waals surface area (Å²) in [5, 5.41) is 5.81. The number of aryl methyl sites for hydroxylation is 2. The maximum Gasteiger partial charge on any atom is 0.253 e. The highest BCUT2D eigenvalue weighted by Gasteiger charge is 2.33. The molecule has 0 saturated carbocycles. The van der Waals surface area contributed by atoms with Crippen molar-refractivity contribution in [2.75, 3.05) is 0 Å². The third kappa shape index (κ3) is 4.70. The SMILES string of the molecule is [2H]c1nc([2H])c(C(=O)NC(C)(CC)C(C)NC(=O)c2cnc(C)c(C)c2)c(C)c1[2H]. The summed E-state index contributed by atoms with van der Waals surface area (Å²) >= 11 is 0. The van der Waals surface area contributed by atoms with E-state index in [9.17, 15) is 9.59 Å². The van der Waals surface area contributed by atoms with E-state index >= 15 is 0 Å². The Bertz CT molecular complexity index is 997. The molecule has 0 aliphatic heterocycles. The lowest BCUT2D eigenvalue weighted by molar-refractivity contribution is 0.0832. The zero-order valence-corrected chi connectivity index (χ0v) is 16.7. The standard InChI is InChI=1S/C21H28N4O2/c1-7-21(6,25-20(27)18-12-22-9-8-13(18)2)16(5)24-19(26)17-10-14(3)15(4)23-11-17/h8-12,16H,7H2,1-6H3,(H,24,26)(H,25,27)/i8D,9D,12D. The van der Waals surface area contributed by atoms with Crippen molar-refractivity contribution >= 4 is 11.8 Å². The van der Waals surface area contributed by atoms with E-state index in [1.807, 2.05) is 20.8 Å². The summed E-state index contributed by atoms with van der Waals surface area (Å²) in [6.45, 7) is 10.8. The molecule has 2 amide bonds. The lowest BCUT2D eigenvalue weighted by Crippen LogP contribution is -2.59. The fourth-order valence-electron chi connectivity index (χ4n) is 2.59. The molecule has 0 spiro atoms. The molecule has 0 aliphatic carbocycles. The van der Waals surface area contributed by atoms with Gasteiger partial charge in [0, 0.05) is 30.3 Å². The lowest BCUT2D eigenvalue weighted by atomic mass is 9.89. The number of nitrogens with one attached hydrogen (secondary N) is 2. The topological polar surface area (TPSA) is 84.0 Å². The molecule has 2 aromatic rings. The summed E-state index contributed by atoms with van der Waals surface area (Å²) in [4.78, 5) is 33.5. The first-order chi connectivity index (χ1) is 13.9. The molecule has 0 aliphatic rings. The van der Waals surface area contributed by atoms with E-state index < -0.39 is 17.5 Å². The molecular formula is C21H28N4O2. The minimum absolute atomic E-state index is 0.0347. The van der Waals surface area contributed by atoms with Gasteiger partial charge >= 0.3 is 0 Å². The first-order valence-corrected chi connectivity index (χ1v) is 8.92. The van der Waals surface area contributed by atoms with Crippen molar-refractivity contribution in [3.8, 4) is 0 Å². The molecule has 2 heterocycles. The van der Waals surface area contributed by atoms with Gasteiger partial charge in [-0.3, -0.25) is 19.6 Å². The largest absolute Gasteiger partial charge is 0.347 e. The van der Waals surface area contributed by atoms with E-state index in [4.69, 9.17) is 4.11 Å². The Labute approximate surface area is 165 Å². The van der Waals surface area contributed by atoms with Gasteiger partial charge in [0.2, 0.25) is 0 Å². The van der Waals surface area contributed by atoms with E-state index in [0.29, 0.717) is 12.0 Å². The summed E-state index contributed by atoms with van der Waals surface area (Å²) in [6.07, 6.45) is 1.35. The van der Waals surface area contributed by atoms with Gasteiger partial charge in [0.15, 0.2) is 0 Å². The molecule has 2 N–H and O–H groups in total. The molecular weight excluding hydrogens is 340 g/mol. The number of amides is 2. The summed E-state index contributed by atoms with van der Waals surface area (Å²) in [6, 6.07) is 1.15. The van der Waals surface area contributed by atoms with E-state index in [1.165, 1.54) is 13.1 Å². The smallest absolute Gasteiger partial charge is 0.253 e. The van der Waals surface area contributed by atoms with Crippen LogP contribution in [0, 0.1) is 20.8 Å². The number of hydrogen-bond donors (Lipinski definition) is 2. The summed E-state index contributed by atoms with van der Waals surface area (Å²) in [7, 11) is 0. The second kappa shape index (κ2) is 8.29. The van der Waals surface area contributed by atoms with Crippen LogP contribution in [-0.4, -0.2) is 33.4 Å². The van der Waals surface area contributed by atoms with Crippen molar-refractivity contribution in [2.24, 2.45) is 0 Å². The van der Waals surface area contributed by atoms with Crippen LogP contribution in [0.15, 0.2) is 30.7 Å². The summed E-state index contributed by atoms with van der Waals surface area (Å²) in [5.41, 5.74) is 1.58. The molecule has 144 valence electrons. The summed E-state index contributed by atoms with van der Waals surface area (Å²) < 4.78 is 23.4. The van der Waals surface area contributed by atoms with Crippen LogP contribution in [0.1, 0.15) is 68.8 Å². The Morgan fingerprint density at radius 1 is 1.26 bits per heavy atom. The van der Waals surface area contributed by atoms with Crippen molar-refractivity contribution in [3.05, 3.63) is 58.6 Å². The van der Waals surface area contributed by atoms with E-state index in [2.05, 4.69) is 20.6 Å². The van der Waals surface area contributed by atoms with Crippen LogP contribution in [0.2, 0.25) is 0 Å². The van der Waals surface area contributed by atoms with Crippen LogP contribution in [-0.2, 0) is 0 Å². The fourth-order valence-corrected chi connectivity index (χ4v) is 2.59. The molecule has 0 saturated heterocycles. The predicted octanol–water partition coefficient (Wildman–Crippen LogP) is 3.12. The second-order valence-corrected chi connectivity index (χ2v) is 7.01. The summed E-state index contributed by atoms with van der Waals surface area (Å²) in [5.74, 6) is -0.852. The first kappa shape index (κ1) is 16.4. The first-order valence-electron chi connectivity index (χ1n) is 10.4. The number of pyridine rings is 2. The average Bonchev–Trinajstić information content (AvgIpc) is 2.67. The number of aromatic nitrogens is 2. The van der Waals surface area contributed by atoms with Gasteiger partial charge in [0.05, 0.1) is 20.8 Å². The van der Waals surface area contributed by atoms with Crippen molar-refractivity contribution in [1.82, 2.24) is 20.6 Å². The van der Waals surface area contributed by atoms with Gasteiger partial charge in [0.1, 0.15) is 0 Å². The molecule has 0 fully saturated rings. The quantitative estimate of drug-likeness (QED) is 0.817. The van der Waals surface area contributed by atoms with Crippen LogP contribution >= 0.6 is 0 Å². The lowest BCUT2D eigenvalue weighted by Gasteiger charge is -2.36. The molecule has 2 unspecified atom stereocenters. The normalized spacial score (nSPS) is 15.7. The Hall–Kier alpha value is -2.76. The van der Waals surface area contributed by atoms with E-state index in [-0.39, 0.29) is 35.4 Å². The maximum absolute atomic E-state index is 12.9. The zero-order chi connectivity index (χ0) is 22.8. The number of carbonyl (C=O) groups is 2. The monoisotopic (exact) mass is 371 g/mol. The zero-order valence-electron chi connectivity index (χ0n) is 19.7. The average molecular weight is 371 g/mol. The maximum atomic E-state index is 12.9. The number of carbonyl (C=O) groups excluding carboxylic acids is 2. The minimum atomic E-state index is -0.819. The van der Waals surface area contributed by atoms with E-state index in [0.717, 1.165) is 11.3 Å². The third-order valence-corrected chi connectivity index (χ3v) is 5.11. The molecule has 2 rings (SSSR count). The third-order valence-electron chi connectivity index (χ3n) is 5.11. The van der Waals surface area contributed by atoms with Crippen LogP contribution in [0.25, 0.3) is 0 Å². The van der Waals surface area contributed by atoms with Gasteiger partial charge in [-0.15, -0.1) is 0 Å². The molecule has 6 heteroatoms. The van der Waals surface area contributed by atoms with Gasteiger partial charge in [-0.1, -0.05) is 6.92 Å². The van der Waals surface area contributed by atoms with Crippen molar-refractivity contribution < 1.29 is 13.7 Å². The molecule has 0 radical (unpaired) electrons. The molecule has 27 heavy (non-hydrogen) atoms. The van der Waals surface area contributed by atoms with Gasteiger partial charge in [-0.2, -0.15) is 0 Å². The van der Waals surface area contributed by atoms with Gasteiger partial charge in [-0.05, 0) is 64.3 Å². The number of hydrogen-bond acceptors (Lipinski definition) is 4. The number of rotatable bonds is 6. The molecule has 2 aromatic heterocycles. The number of nitrogens with zero attached hydrogens (tertiary/aromatic N) is 2. The van der Waals surface area contributed by atoms with Crippen LogP contribution in [0.4, 0.5) is 0 Å². The Morgan fingerprint density at radius 2 is 1.96 bits per heavy atom. The van der Waals surface area contributed by atoms with E-state index in [1.54, 1.807) is 19.9 Å². The van der Waals surface area contributed by atoms with Crippen molar-refractivity contribution in [1.29, 1.82) is 0 Å². The Morgan fingerprint density at radius 3 is 2.59 bits per heavy atom. The van der Waals surface area contributed by atoms with Gasteiger partial charge < -0.3 is 10.6 Å². The molecule has 0 bridgehead atoms. The highest BCUT2D eigenvalue weighted by molar-refractivity contribution is 5.96. The highest BCUT2D eigenvalue weighted by atomic mass is 16.2. The van der Waals surface area contributed by atoms with Gasteiger partial charge in [-0.25, -0.2) is 0 Å².